The molecule has 1 atom stereocenters. The normalized spacial score (nSPS) is 26.9. The number of ether oxygens (including phenoxy) is 1. The summed E-state index contributed by atoms with van der Waals surface area (Å²) in [5, 5.41) is 22.8. The van der Waals surface area contributed by atoms with Crippen LogP contribution in [0, 0.1) is 11.3 Å². The summed E-state index contributed by atoms with van der Waals surface area (Å²) in [5.41, 5.74) is 2.33. The van der Waals surface area contributed by atoms with Crippen LogP contribution < -0.4 is 10.1 Å². The first kappa shape index (κ1) is 18.5. The van der Waals surface area contributed by atoms with Gasteiger partial charge in [-0.1, -0.05) is 30.3 Å². The van der Waals surface area contributed by atoms with E-state index in [0.29, 0.717) is 24.6 Å². The Morgan fingerprint density at radius 2 is 1.89 bits per heavy atom. The third-order valence-corrected chi connectivity index (χ3v) is 6.67. The van der Waals surface area contributed by atoms with Crippen LogP contribution in [0.1, 0.15) is 42.4 Å². The highest BCUT2D eigenvalue weighted by molar-refractivity contribution is 9.10. The summed E-state index contributed by atoms with van der Waals surface area (Å²) in [7, 11) is 0. The Morgan fingerprint density at radius 1 is 1.15 bits per heavy atom. The first-order chi connectivity index (χ1) is 13.1. The lowest BCUT2D eigenvalue weighted by Crippen LogP contribution is -2.46. The number of nitrogens with one attached hydrogen (secondary N) is 1. The second-order valence-corrected chi connectivity index (χ2v) is 8.33. The molecule has 27 heavy (non-hydrogen) atoms. The van der Waals surface area contributed by atoms with E-state index in [2.05, 4.69) is 39.4 Å². The molecule has 2 N–H and O–H groups in total. The van der Waals surface area contributed by atoms with Crippen LogP contribution in [0.5, 0.6) is 5.75 Å². The summed E-state index contributed by atoms with van der Waals surface area (Å²) in [6, 6.07) is 16.7. The van der Waals surface area contributed by atoms with Crippen LogP contribution in [0.3, 0.4) is 0 Å². The van der Waals surface area contributed by atoms with Crippen molar-refractivity contribution in [1.82, 2.24) is 5.32 Å². The molecule has 1 aliphatic carbocycles. The molecule has 4 nitrogen and oxygen atoms in total. The van der Waals surface area contributed by atoms with Crippen LogP contribution in [-0.4, -0.2) is 23.8 Å². The van der Waals surface area contributed by atoms with Gasteiger partial charge in [0.1, 0.15) is 11.8 Å². The van der Waals surface area contributed by atoms with Gasteiger partial charge in [-0.3, -0.25) is 0 Å². The number of nitrogens with zero attached hydrogens (tertiary/aromatic N) is 1. The van der Waals surface area contributed by atoms with Gasteiger partial charge in [-0.05, 0) is 59.3 Å². The number of hydrogen-bond donors (Lipinski definition) is 2. The van der Waals surface area contributed by atoms with Crippen LogP contribution in [0.15, 0.2) is 46.9 Å². The zero-order valence-electron chi connectivity index (χ0n) is 15.1. The molecule has 1 heterocycles. The molecule has 140 valence electrons. The number of hydrogen-bond acceptors (Lipinski definition) is 4. The lowest BCUT2D eigenvalue weighted by atomic mass is 9.87. The molecule has 0 aromatic heterocycles. The van der Waals surface area contributed by atoms with Gasteiger partial charge in [0.2, 0.25) is 0 Å². The maximum atomic E-state index is 9.75. The SMILES string of the molecule is N#Cc1ccc2c(c1Br)CC(CNC1CCC(O)CC1)(c1ccccc1)O2. The van der Waals surface area contributed by atoms with Crippen LogP contribution in [0.2, 0.25) is 0 Å². The molecule has 5 heteroatoms. The third kappa shape index (κ3) is 3.62. The molecule has 0 radical (unpaired) electrons. The molecule has 4 rings (SSSR count). The quantitative estimate of drug-likeness (QED) is 0.773. The second-order valence-electron chi connectivity index (χ2n) is 7.54. The largest absolute Gasteiger partial charge is 0.481 e. The van der Waals surface area contributed by atoms with Gasteiger partial charge in [0.25, 0.3) is 0 Å². The highest BCUT2D eigenvalue weighted by Crippen LogP contribution is 2.45. The van der Waals surface area contributed by atoms with E-state index in [4.69, 9.17) is 4.74 Å². The molecular weight excluding hydrogens is 404 g/mol. The van der Waals surface area contributed by atoms with E-state index in [1.807, 2.05) is 24.3 Å². The molecule has 1 unspecified atom stereocenters. The molecule has 0 saturated heterocycles. The summed E-state index contributed by atoms with van der Waals surface area (Å²) in [5.74, 6) is 0.839. The highest BCUT2D eigenvalue weighted by Gasteiger charge is 2.42. The van der Waals surface area contributed by atoms with E-state index >= 15 is 0 Å². The van der Waals surface area contributed by atoms with Crippen molar-refractivity contribution in [3.8, 4) is 11.8 Å². The molecule has 0 bridgehead atoms. The van der Waals surface area contributed by atoms with E-state index in [1.54, 1.807) is 6.07 Å². The summed E-state index contributed by atoms with van der Waals surface area (Å²) < 4.78 is 7.36. The number of aliphatic hydroxyl groups is 1. The predicted molar refractivity (Wildman–Crippen MR) is 108 cm³/mol. The van der Waals surface area contributed by atoms with Crippen molar-refractivity contribution in [3.05, 3.63) is 63.6 Å². The van der Waals surface area contributed by atoms with Crippen molar-refractivity contribution in [2.45, 2.75) is 49.9 Å². The maximum absolute atomic E-state index is 9.75. The number of rotatable bonds is 4. The Labute approximate surface area is 168 Å². The van der Waals surface area contributed by atoms with Gasteiger partial charge in [-0.25, -0.2) is 0 Å². The lowest BCUT2D eigenvalue weighted by Gasteiger charge is -2.34. The third-order valence-electron chi connectivity index (χ3n) is 5.76. The van der Waals surface area contributed by atoms with Crippen LogP contribution in [-0.2, 0) is 12.0 Å². The summed E-state index contributed by atoms with van der Waals surface area (Å²) >= 11 is 3.60. The number of halogens is 1. The Kier molecular flexibility index (Phi) is 5.23. The van der Waals surface area contributed by atoms with Gasteiger partial charge < -0.3 is 15.2 Å². The molecule has 1 aliphatic heterocycles. The highest BCUT2D eigenvalue weighted by atomic mass is 79.9. The molecule has 1 saturated carbocycles. The maximum Gasteiger partial charge on any atom is 0.150 e. The molecule has 0 amide bonds. The van der Waals surface area contributed by atoms with Gasteiger partial charge in [0.05, 0.1) is 11.7 Å². The van der Waals surface area contributed by atoms with E-state index in [1.165, 1.54) is 0 Å². The standard InChI is InChI=1S/C22H23BrN2O2/c23-21-15(13-24)6-11-20-19(21)12-22(27-20,16-4-2-1-3-5-16)14-25-17-7-9-18(26)10-8-17/h1-6,11,17-18,25-26H,7-10,12,14H2. The fourth-order valence-electron chi connectivity index (χ4n) is 4.17. The molecule has 2 aromatic rings. The van der Waals surface area contributed by atoms with Gasteiger partial charge in [0, 0.05) is 29.0 Å². The van der Waals surface area contributed by atoms with Gasteiger partial charge in [-0.2, -0.15) is 5.26 Å². The van der Waals surface area contributed by atoms with Crippen LogP contribution >= 0.6 is 15.9 Å². The van der Waals surface area contributed by atoms with E-state index in [0.717, 1.165) is 47.0 Å². The molecule has 2 aromatic carbocycles. The van der Waals surface area contributed by atoms with Crippen molar-refractivity contribution in [3.63, 3.8) is 0 Å². The van der Waals surface area contributed by atoms with Gasteiger partial charge >= 0.3 is 0 Å². The first-order valence-corrected chi connectivity index (χ1v) is 10.3. The number of benzene rings is 2. The smallest absolute Gasteiger partial charge is 0.150 e. The number of fused-ring (bicyclic) bond motifs is 1. The lowest BCUT2D eigenvalue weighted by molar-refractivity contribution is 0.0761. The molecular formula is C22H23BrN2O2. The van der Waals surface area contributed by atoms with Gasteiger partial charge in [-0.15, -0.1) is 0 Å². The average molecular weight is 427 g/mol. The minimum Gasteiger partial charge on any atom is -0.481 e. The topological polar surface area (TPSA) is 65.3 Å². The second kappa shape index (κ2) is 7.63. The zero-order valence-corrected chi connectivity index (χ0v) is 16.7. The zero-order chi connectivity index (χ0) is 18.9. The Hall–Kier alpha value is -1.87. The fourth-order valence-corrected chi connectivity index (χ4v) is 4.73. The molecule has 0 spiro atoms. The Bertz CT molecular complexity index is 857. The average Bonchev–Trinajstić information content (AvgIpc) is 3.10. The van der Waals surface area contributed by atoms with E-state index in [-0.39, 0.29) is 6.10 Å². The van der Waals surface area contributed by atoms with Crippen LogP contribution in [0.25, 0.3) is 0 Å². The van der Waals surface area contributed by atoms with E-state index in [9.17, 15) is 10.4 Å². The van der Waals surface area contributed by atoms with Crippen molar-refractivity contribution < 1.29 is 9.84 Å². The summed E-state index contributed by atoms with van der Waals surface area (Å²) in [6.45, 7) is 0.695. The Balaban J connectivity index is 1.61. The van der Waals surface area contributed by atoms with Crippen LogP contribution in [0.4, 0.5) is 0 Å². The minimum atomic E-state index is -0.490. The monoisotopic (exact) mass is 426 g/mol. The van der Waals surface area contributed by atoms with Crippen molar-refractivity contribution in [2.24, 2.45) is 0 Å². The molecule has 1 fully saturated rings. The van der Waals surface area contributed by atoms with Crippen molar-refractivity contribution in [1.29, 1.82) is 5.26 Å². The number of aliphatic hydroxyl groups excluding tert-OH is 1. The minimum absolute atomic E-state index is 0.154. The summed E-state index contributed by atoms with van der Waals surface area (Å²) in [4.78, 5) is 0. The van der Waals surface area contributed by atoms with Crippen molar-refractivity contribution >= 4 is 15.9 Å². The van der Waals surface area contributed by atoms with E-state index < -0.39 is 5.60 Å². The first-order valence-electron chi connectivity index (χ1n) is 9.49. The summed E-state index contributed by atoms with van der Waals surface area (Å²) in [6.07, 6.45) is 4.24. The predicted octanol–water partition coefficient (Wildman–Crippen LogP) is 4.04. The molecule has 2 aliphatic rings. The van der Waals surface area contributed by atoms with Gasteiger partial charge in [0.15, 0.2) is 5.60 Å². The fraction of sp³-hybridized carbons (Fsp3) is 0.409. The number of nitriles is 1. The van der Waals surface area contributed by atoms with Crippen molar-refractivity contribution in [2.75, 3.05) is 6.54 Å². The Morgan fingerprint density at radius 3 is 2.59 bits per heavy atom.